The van der Waals surface area contributed by atoms with Gasteiger partial charge in [0.05, 0.1) is 6.42 Å². The first-order valence-electron chi connectivity index (χ1n) is 8.78. The molecule has 154 valence electrons. The Bertz CT molecular complexity index is 552. The summed E-state index contributed by atoms with van der Waals surface area (Å²) in [6, 6.07) is -0.873. The molecule has 0 unspecified atom stereocenters. The van der Waals surface area contributed by atoms with Gasteiger partial charge >= 0.3 is 18.0 Å². The molecular formula is C18H30N2O7. The van der Waals surface area contributed by atoms with Gasteiger partial charge in [-0.05, 0) is 32.8 Å². The van der Waals surface area contributed by atoms with Crippen LogP contribution in [0, 0.1) is 5.92 Å². The summed E-state index contributed by atoms with van der Waals surface area (Å²) < 4.78 is 10.2. The number of carboxylic acids is 1. The summed E-state index contributed by atoms with van der Waals surface area (Å²) in [5, 5.41) is 13.4. The van der Waals surface area contributed by atoms with Crippen molar-refractivity contribution in [2.45, 2.75) is 59.1 Å². The van der Waals surface area contributed by atoms with Crippen molar-refractivity contribution in [2.75, 3.05) is 13.2 Å². The zero-order chi connectivity index (χ0) is 21.0. The largest absolute Gasteiger partial charge is 0.481 e. The van der Waals surface area contributed by atoms with Crippen LogP contribution in [0.1, 0.15) is 47.5 Å². The first kappa shape index (κ1) is 24.4. The van der Waals surface area contributed by atoms with Gasteiger partial charge in [0.15, 0.2) is 0 Å². The maximum atomic E-state index is 12.2. The van der Waals surface area contributed by atoms with Crippen LogP contribution in [0.15, 0.2) is 12.2 Å². The fraction of sp³-hybridized carbons (Fsp3) is 0.667. The maximum absolute atomic E-state index is 12.2. The van der Waals surface area contributed by atoms with Crippen molar-refractivity contribution in [3.8, 4) is 0 Å². The molecule has 27 heavy (non-hydrogen) atoms. The van der Waals surface area contributed by atoms with E-state index in [1.54, 1.807) is 27.7 Å². The van der Waals surface area contributed by atoms with Gasteiger partial charge in [-0.3, -0.25) is 9.59 Å². The van der Waals surface area contributed by atoms with E-state index in [1.807, 2.05) is 6.92 Å². The van der Waals surface area contributed by atoms with E-state index in [-0.39, 0.29) is 25.5 Å². The number of amides is 2. The zero-order valence-corrected chi connectivity index (χ0v) is 16.5. The van der Waals surface area contributed by atoms with Crippen LogP contribution in [0.2, 0.25) is 0 Å². The Morgan fingerprint density at radius 1 is 1.19 bits per heavy atom. The first-order valence-corrected chi connectivity index (χ1v) is 8.78. The van der Waals surface area contributed by atoms with Crippen LogP contribution in [-0.2, 0) is 23.9 Å². The Morgan fingerprint density at radius 3 is 2.33 bits per heavy atom. The topological polar surface area (TPSA) is 131 Å². The molecule has 0 rings (SSSR count). The van der Waals surface area contributed by atoms with E-state index < -0.39 is 35.6 Å². The molecule has 9 nitrogen and oxygen atoms in total. The minimum atomic E-state index is -1.01. The molecular weight excluding hydrogens is 356 g/mol. The van der Waals surface area contributed by atoms with Crippen LogP contribution in [0.25, 0.3) is 0 Å². The number of hydrogen-bond donors (Lipinski definition) is 3. The van der Waals surface area contributed by atoms with Crippen LogP contribution < -0.4 is 10.6 Å². The van der Waals surface area contributed by atoms with Gasteiger partial charge in [-0.25, -0.2) is 9.59 Å². The number of carbonyl (C=O) groups is 4. The minimum absolute atomic E-state index is 0.00813. The van der Waals surface area contributed by atoms with Crippen LogP contribution in [-0.4, -0.2) is 53.8 Å². The van der Waals surface area contributed by atoms with E-state index in [0.717, 1.165) is 6.08 Å². The van der Waals surface area contributed by atoms with Gasteiger partial charge in [0, 0.05) is 12.6 Å². The highest BCUT2D eigenvalue weighted by Gasteiger charge is 2.29. The van der Waals surface area contributed by atoms with Crippen LogP contribution >= 0.6 is 0 Å². The molecule has 0 saturated heterocycles. The number of carbonyl (C=O) groups excluding carboxylic acids is 3. The number of ether oxygens (including phenoxy) is 2. The third-order valence-electron chi connectivity index (χ3n) is 3.37. The van der Waals surface area contributed by atoms with E-state index in [0.29, 0.717) is 6.42 Å². The summed E-state index contributed by atoms with van der Waals surface area (Å²) in [4.78, 5) is 45.9. The second-order valence-corrected chi connectivity index (χ2v) is 6.98. The van der Waals surface area contributed by atoms with Gasteiger partial charge in [0.25, 0.3) is 0 Å². The molecule has 0 aliphatic carbocycles. The van der Waals surface area contributed by atoms with E-state index in [4.69, 9.17) is 14.6 Å². The molecule has 0 aliphatic heterocycles. The first-order chi connectivity index (χ1) is 12.5. The fourth-order valence-corrected chi connectivity index (χ4v) is 1.83. The predicted molar refractivity (Wildman–Crippen MR) is 98.0 cm³/mol. The highest BCUT2D eigenvalue weighted by Crippen LogP contribution is 2.12. The SMILES string of the molecule is CC[C@H](C)[C@H](NC(=O)OC(C)(C)C)C(=O)OC/C=C/C(=O)NCCC(=O)O. The minimum Gasteiger partial charge on any atom is -0.481 e. The van der Waals surface area contributed by atoms with Crippen molar-refractivity contribution < 1.29 is 33.8 Å². The summed E-state index contributed by atoms with van der Waals surface area (Å²) in [5.74, 6) is -2.31. The van der Waals surface area contributed by atoms with Crippen molar-refractivity contribution >= 4 is 23.9 Å². The lowest BCUT2D eigenvalue weighted by Crippen LogP contribution is -2.47. The van der Waals surface area contributed by atoms with Crippen LogP contribution in [0.3, 0.4) is 0 Å². The molecule has 2 atom stereocenters. The fourth-order valence-electron chi connectivity index (χ4n) is 1.83. The average Bonchev–Trinajstić information content (AvgIpc) is 2.53. The second kappa shape index (κ2) is 11.9. The van der Waals surface area contributed by atoms with E-state index >= 15 is 0 Å². The molecule has 0 saturated carbocycles. The van der Waals surface area contributed by atoms with Gasteiger partial charge in [-0.1, -0.05) is 20.3 Å². The Hall–Kier alpha value is -2.58. The molecule has 2 amide bonds. The molecule has 0 heterocycles. The van der Waals surface area contributed by atoms with Crippen molar-refractivity contribution in [1.82, 2.24) is 10.6 Å². The molecule has 9 heteroatoms. The molecule has 0 spiro atoms. The molecule has 3 N–H and O–H groups in total. The number of nitrogens with one attached hydrogen (secondary N) is 2. The molecule has 0 bridgehead atoms. The van der Waals surface area contributed by atoms with Gasteiger partial charge < -0.3 is 25.2 Å². The van der Waals surface area contributed by atoms with Crippen molar-refractivity contribution in [1.29, 1.82) is 0 Å². The Morgan fingerprint density at radius 2 is 1.81 bits per heavy atom. The van der Waals surface area contributed by atoms with Crippen molar-refractivity contribution in [3.63, 3.8) is 0 Å². The van der Waals surface area contributed by atoms with E-state index in [9.17, 15) is 19.2 Å². The van der Waals surface area contributed by atoms with Crippen molar-refractivity contribution in [2.24, 2.45) is 5.92 Å². The Balaban J connectivity index is 4.52. The predicted octanol–water partition coefficient (Wildman–Crippen LogP) is 1.62. The highest BCUT2D eigenvalue weighted by atomic mass is 16.6. The molecule has 0 aliphatic rings. The standard InChI is InChI=1S/C18H30N2O7/c1-6-12(2)15(20-17(25)27-18(3,4)5)16(24)26-11-7-8-13(21)19-10-9-14(22)23/h7-8,12,15H,6,9-11H2,1-5H3,(H,19,21)(H,20,25)(H,22,23)/b8-7+/t12-,15-/m0/s1. The third kappa shape index (κ3) is 12.4. The normalized spacial score (nSPS) is 13.5. The summed E-state index contributed by atoms with van der Waals surface area (Å²) in [6.07, 6.45) is 2.22. The number of esters is 1. The number of carboxylic acid groups (broad SMARTS) is 1. The lowest BCUT2D eigenvalue weighted by atomic mass is 9.99. The molecule has 0 radical (unpaired) electrons. The lowest BCUT2D eigenvalue weighted by Gasteiger charge is -2.25. The van der Waals surface area contributed by atoms with Crippen LogP contribution in [0.5, 0.6) is 0 Å². The summed E-state index contributed by atoms with van der Waals surface area (Å²) in [7, 11) is 0. The quantitative estimate of drug-likeness (QED) is 0.384. The van der Waals surface area contributed by atoms with Crippen LogP contribution in [0.4, 0.5) is 4.79 Å². The number of alkyl carbamates (subject to hydrolysis) is 1. The summed E-state index contributed by atoms with van der Waals surface area (Å²) >= 11 is 0. The number of aliphatic carboxylic acids is 1. The lowest BCUT2D eigenvalue weighted by molar-refractivity contribution is -0.146. The van der Waals surface area contributed by atoms with E-state index in [1.165, 1.54) is 6.08 Å². The average molecular weight is 386 g/mol. The monoisotopic (exact) mass is 386 g/mol. The van der Waals surface area contributed by atoms with Gasteiger partial charge in [0.2, 0.25) is 5.91 Å². The summed E-state index contributed by atoms with van der Waals surface area (Å²) in [5.41, 5.74) is -0.690. The summed E-state index contributed by atoms with van der Waals surface area (Å²) in [6.45, 7) is 8.68. The van der Waals surface area contributed by atoms with Gasteiger partial charge in [-0.2, -0.15) is 0 Å². The van der Waals surface area contributed by atoms with Gasteiger partial charge in [0.1, 0.15) is 18.2 Å². The number of hydrogen-bond acceptors (Lipinski definition) is 6. The van der Waals surface area contributed by atoms with Crippen molar-refractivity contribution in [3.05, 3.63) is 12.2 Å². The zero-order valence-electron chi connectivity index (χ0n) is 16.5. The molecule has 0 aromatic heterocycles. The Labute approximate surface area is 159 Å². The second-order valence-electron chi connectivity index (χ2n) is 6.98. The van der Waals surface area contributed by atoms with Gasteiger partial charge in [-0.15, -0.1) is 0 Å². The van der Waals surface area contributed by atoms with E-state index in [2.05, 4.69) is 10.6 Å². The smallest absolute Gasteiger partial charge is 0.408 e. The Kier molecular flexibility index (Phi) is 10.8. The third-order valence-corrected chi connectivity index (χ3v) is 3.37. The highest BCUT2D eigenvalue weighted by molar-refractivity contribution is 5.87. The number of rotatable bonds is 10. The maximum Gasteiger partial charge on any atom is 0.408 e. The molecule has 0 aromatic rings. The molecule has 0 aromatic carbocycles. The molecule has 0 fully saturated rings.